The Balaban J connectivity index is 2.60. The molecule has 1 aromatic rings. The first-order valence-corrected chi connectivity index (χ1v) is 8.71. The van der Waals surface area contributed by atoms with E-state index in [1.807, 2.05) is 32.1 Å². The molecule has 0 fully saturated rings. The molecule has 1 N–H and O–H groups in total. The Kier molecular flexibility index (Phi) is 10.3. The maximum absolute atomic E-state index is 12.0. The van der Waals surface area contributed by atoms with Crippen molar-refractivity contribution in [3.63, 3.8) is 0 Å². The fourth-order valence-electron chi connectivity index (χ4n) is 2.20. The van der Waals surface area contributed by atoms with Gasteiger partial charge in [-0.1, -0.05) is 49.9 Å². The number of carbonyl (C=O) groups excluding carboxylic acids is 2. The average molecular weight is 374 g/mol. The van der Waals surface area contributed by atoms with Crippen molar-refractivity contribution in [1.82, 2.24) is 0 Å². The summed E-state index contributed by atoms with van der Waals surface area (Å²) in [4.78, 5) is 23.4. The minimum absolute atomic E-state index is 0.0359. The summed E-state index contributed by atoms with van der Waals surface area (Å²) < 4.78 is 14.9. The molecule has 1 unspecified atom stereocenters. The summed E-state index contributed by atoms with van der Waals surface area (Å²) in [5, 5.41) is 10.1. The third kappa shape index (κ3) is 8.87. The third-order valence-electron chi connectivity index (χ3n) is 3.35. The monoisotopic (exact) mass is 374 g/mol. The molecule has 0 heterocycles. The van der Waals surface area contributed by atoms with Gasteiger partial charge < -0.3 is 19.3 Å². The lowest BCUT2D eigenvalue weighted by Crippen LogP contribution is -2.26. The van der Waals surface area contributed by atoms with Gasteiger partial charge in [0, 0.05) is 6.42 Å². The average Bonchev–Trinajstić information content (AvgIpc) is 2.64. The van der Waals surface area contributed by atoms with Crippen LogP contribution in [0.1, 0.15) is 25.8 Å². The van der Waals surface area contributed by atoms with Crippen LogP contribution in [0.2, 0.25) is 0 Å². The van der Waals surface area contributed by atoms with Crippen LogP contribution in [-0.4, -0.2) is 36.5 Å². The molecule has 1 atom stereocenters. The van der Waals surface area contributed by atoms with Crippen LogP contribution in [0.15, 0.2) is 60.7 Å². The predicted octanol–water partition coefficient (Wildman–Crippen LogP) is 3.75. The van der Waals surface area contributed by atoms with E-state index in [4.69, 9.17) is 14.2 Å². The summed E-state index contributed by atoms with van der Waals surface area (Å²) in [6.07, 6.45) is 5.78. The van der Waals surface area contributed by atoms with Crippen LogP contribution in [0.4, 0.5) is 4.79 Å². The number of esters is 1. The standard InChI is InChI=1S/C21H26O6/c1-4-8-16(9-5-2)15-26-20(23)19(22)14-17-10-7-11-18(13-17)27-21(24)25-12-6-3/h4,6-11,13,19,22H,3,5,12,14-15H2,1-2H3/b8-4-,16-9+. The zero-order valence-corrected chi connectivity index (χ0v) is 15.7. The molecule has 146 valence electrons. The van der Waals surface area contributed by atoms with Crippen molar-refractivity contribution >= 4 is 12.1 Å². The number of hydrogen-bond acceptors (Lipinski definition) is 6. The van der Waals surface area contributed by atoms with E-state index >= 15 is 0 Å². The Bertz CT molecular complexity index is 690. The van der Waals surface area contributed by atoms with E-state index in [-0.39, 0.29) is 25.4 Å². The first-order chi connectivity index (χ1) is 13.0. The number of benzene rings is 1. The first kappa shape index (κ1) is 22.2. The molecule has 0 aliphatic carbocycles. The second-order valence-electron chi connectivity index (χ2n) is 5.61. The van der Waals surface area contributed by atoms with E-state index in [1.165, 1.54) is 6.08 Å². The largest absolute Gasteiger partial charge is 0.514 e. The minimum Gasteiger partial charge on any atom is -0.459 e. The van der Waals surface area contributed by atoms with Gasteiger partial charge in [0.05, 0.1) is 0 Å². The summed E-state index contributed by atoms with van der Waals surface area (Å²) in [7, 11) is 0. The van der Waals surface area contributed by atoms with Crippen molar-refractivity contribution in [2.75, 3.05) is 13.2 Å². The fraction of sp³-hybridized carbons (Fsp3) is 0.333. The van der Waals surface area contributed by atoms with Gasteiger partial charge in [-0.2, -0.15) is 0 Å². The molecule has 0 aliphatic rings. The van der Waals surface area contributed by atoms with Gasteiger partial charge in [-0.05, 0) is 36.6 Å². The number of aliphatic hydroxyl groups is 1. The van der Waals surface area contributed by atoms with Crippen LogP contribution in [0.5, 0.6) is 5.75 Å². The molecule has 1 aromatic carbocycles. The van der Waals surface area contributed by atoms with E-state index in [0.29, 0.717) is 5.56 Å². The molecule has 0 aromatic heterocycles. The van der Waals surface area contributed by atoms with Gasteiger partial charge >= 0.3 is 12.1 Å². The number of hydrogen-bond donors (Lipinski definition) is 1. The van der Waals surface area contributed by atoms with Crippen molar-refractivity contribution in [3.8, 4) is 5.75 Å². The van der Waals surface area contributed by atoms with Crippen LogP contribution in [-0.2, 0) is 20.7 Å². The maximum Gasteiger partial charge on any atom is 0.514 e. The Morgan fingerprint density at radius 2 is 2.07 bits per heavy atom. The van der Waals surface area contributed by atoms with Crippen LogP contribution in [0, 0.1) is 0 Å². The summed E-state index contributed by atoms with van der Waals surface area (Å²) in [6, 6.07) is 6.48. The molecule has 1 rings (SSSR count). The maximum atomic E-state index is 12.0. The Morgan fingerprint density at radius 1 is 1.30 bits per heavy atom. The van der Waals surface area contributed by atoms with Crippen molar-refractivity contribution in [1.29, 1.82) is 0 Å². The molecule has 0 amide bonds. The van der Waals surface area contributed by atoms with E-state index in [0.717, 1.165) is 12.0 Å². The zero-order valence-electron chi connectivity index (χ0n) is 15.7. The second kappa shape index (κ2) is 12.5. The van der Waals surface area contributed by atoms with Crippen molar-refractivity contribution < 1.29 is 28.9 Å². The highest BCUT2D eigenvalue weighted by Crippen LogP contribution is 2.16. The van der Waals surface area contributed by atoms with Gasteiger partial charge in [-0.25, -0.2) is 9.59 Å². The Hall–Kier alpha value is -2.86. The van der Waals surface area contributed by atoms with E-state index in [9.17, 15) is 14.7 Å². The highest BCUT2D eigenvalue weighted by molar-refractivity contribution is 5.75. The molecular weight excluding hydrogens is 348 g/mol. The SMILES string of the molecule is C=CCOC(=O)Oc1cccc(CC(O)C(=O)OCC(/C=C\C)=C/CC)c1. The normalized spacial score (nSPS) is 12.5. The molecule has 0 bridgehead atoms. The van der Waals surface area contributed by atoms with Gasteiger partial charge in [-0.3, -0.25) is 0 Å². The third-order valence-corrected chi connectivity index (χ3v) is 3.35. The van der Waals surface area contributed by atoms with E-state index in [1.54, 1.807) is 24.3 Å². The molecule has 0 saturated carbocycles. The summed E-state index contributed by atoms with van der Waals surface area (Å²) in [5.41, 5.74) is 1.49. The molecule has 27 heavy (non-hydrogen) atoms. The molecule has 0 radical (unpaired) electrons. The van der Waals surface area contributed by atoms with Gasteiger partial charge in [0.25, 0.3) is 0 Å². The number of ether oxygens (including phenoxy) is 3. The summed E-state index contributed by atoms with van der Waals surface area (Å²) >= 11 is 0. The van der Waals surface area contributed by atoms with Crippen LogP contribution < -0.4 is 4.74 Å². The summed E-state index contributed by atoms with van der Waals surface area (Å²) in [6.45, 7) is 7.45. The summed E-state index contributed by atoms with van der Waals surface area (Å²) in [5.74, 6) is -0.457. The minimum atomic E-state index is -1.32. The molecule has 6 heteroatoms. The van der Waals surface area contributed by atoms with Crippen LogP contribution in [0.3, 0.4) is 0 Å². The molecular formula is C21H26O6. The van der Waals surface area contributed by atoms with E-state index in [2.05, 4.69) is 6.58 Å². The van der Waals surface area contributed by atoms with Crippen molar-refractivity contribution in [2.24, 2.45) is 0 Å². The number of allylic oxidation sites excluding steroid dienone is 2. The van der Waals surface area contributed by atoms with Gasteiger partial charge in [0.15, 0.2) is 6.10 Å². The quantitative estimate of drug-likeness (QED) is 0.291. The molecule has 0 spiro atoms. The van der Waals surface area contributed by atoms with Gasteiger partial charge in [0.1, 0.15) is 19.0 Å². The second-order valence-corrected chi connectivity index (χ2v) is 5.61. The number of aliphatic hydroxyl groups excluding tert-OH is 1. The van der Waals surface area contributed by atoms with Crippen LogP contribution >= 0.6 is 0 Å². The Morgan fingerprint density at radius 3 is 2.74 bits per heavy atom. The zero-order chi connectivity index (χ0) is 20.1. The van der Waals surface area contributed by atoms with Crippen LogP contribution in [0.25, 0.3) is 0 Å². The van der Waals surface area contributed by atoms with E-state index < -0.39 is 18.2 Å². The topological polar surface area (TPSA) is 82.1 Å². The van der Waals surface area contributed by atoms with Crippen molar-refractivity contribution in [3.05, 3.63) is 66.3 Å². The predicted molar refractivity (Wildman–Crippen MR) is 102 cm³/mol. The Labute approximate surface area is 159 Å². The molecule has 0 aliphatic heterocycles. The number of carbonyl (C=O) groups is 2. The lowest BCUT2D eigenvalue weighted by atomic mass is 10.1. The molecule has 0 saturated heterocycles. The van der Waals surface area contributed by atoms with Crippen molar-refractivity contribution in [2.45, 2.75) is 32.8 Å². The fourth-order valence-corrected chi connectivity index (χ4v) is 2.20. The smallest absolute Gasteiger partial charge is 0.459 e. The lowest BCUT2D eigenvalue weighted by Gasteiger charge is -2.12. The van der Waals surface area contributed by atoms with Gasteiger partial charge in [-0.15, -0.1) is 0 Å². The lowest BCUT2D eigenvalue weighted by molar-refractivity contribution is -0.152. The highest BCUT2D eigenvalue weighted by Gasteiger charge is 2.18. The van der Waals surface area contributed by atoms with Gasteiger partial charge in [0.2, 0.25) is 0 Å². The molecule has 6 nitrogen and oxygen atoms in total. The number of rotatable bonds is 10. The first-order valence-electron chi connectivity index (χ1n) is 8.71. The highest BCUT2D eigenvalue weighted by atomic mass is 16.7.